The van der Waals surface area contributed by atoms with E-state index in [2.05, 4.69) is 19.7 Å². The number of hydrogen-bond donors (Lipinski definition) is 0. The minimum absolute atomic E-state index is 0.00297. The maximum atomic E-state index is 13.0. The number of fused-ring (bicyclic) bond motifs is 1. The van der Waals surface area contributed by atoms with Crippen LogP contribution < -0.4 is 4.74 Å². The van der Waals surface area contributed by atoms with Crippen molar-refractivity contribution in [1.82, 2.24) is 19.5 Å². The first kappa shape index (κ1) is 20.1. The third-order valence-electron chi connectivity index (χ3n) is 3.85. The molecule has 0 fully saturated rings. The molecular formula is C16H13F5N4O2S. The predicted molar refractivity (Wildman–Crippen MR) is 90.3 cm³/mol. The van der Waals surface area contributed by atoms with E-state index in [9.17, 15) is 26.2 Å². The molecule has 0 spiro atoms. The zero-order valence-electron chi connectivity index (χ0n) is 14.5. The molecule has 3 rings (SSSR count). The van der Waals surface area contributed by atoms with Crippen molar-refractivity contribution >= 4 is 21.8 Å². The van der Waals surface area contributed by atoms with Gasteiger partial charge in [0.05, 0.1) is 38.5 Å². The Bertz CT molecular complexity index is 1050. The van der Waals surface area contributed by atoms with Gasteiger partial charge in [-0.05, 0) is 6.07 Å². The highest BCUT2D eigenvalue weighted by Gasteiger charge is 2.33. The van der Waals surface area contributed by atoms with Gasteiger partial charge in [-0.2, -0.15) is 22.0 Å². The molecular weight excluding hydrogens is 407 g/mol. The molecule has 0 aromatic carbocycles. The number of nitrogens with zero attached hydrogens (tertiary/aromatic N) is 4. The summed E-state index contributed by atoms with van der Waals surface area (Å²) in [6, 6.07) is 1.95. The lowest BCUT2D eigenvalue weighted by Gasteiger charge is -2.12. The molecule has 0 bridgehead atoms. The van der Waals surface area contributed by atoms with Crippen LogP contribution in [0.3, 0.4) is 0 Å². The number of halogens is 5. The second kappa shape index (κ2) is 7.41. The molecule has 0 aliphatic carbocycles. The Labute approximate surface area is 157 Å². The molecule has 0 N–H and O–H groups in total. The molecule has 28 heavy (non-hydrogen) atoms. The van der Waals surface area contributed by atoms with Crippen molar-refractivity contribution in [1.29, 1.82) is 0 Å². The summed E-state index contributed by atoms with van der Waals surface area (Å²) in [5, 5.41) is 0. The second-order valence-electron chi connectivity index (χ2n) is 5.59. The molecule has 0 amide bonds. The third-order valence-corrected chi connectivity index (χ3v) is 5.18. The molecule has 1 atom stereocenters. The number of pyridine rings is 2. The molecule has 0 aliphatic heterocycles. The van der Waals surface area contributed by atoms with Gasteiger partial charge < -0.3 is 9.30 Å². The lowest BCUT2D eigenvalue weighted by molar-refractivity contribution is -0.138. The second-order valence-corrected chi connectivity index (χ2v) is 7.30. The highest BCUT2D eigenvalue weighted by atomic mass is 32.2. The van der Waals surface area contributed by atoms with Crippen LogP contribution in [0.25, 0.3) is 22.6 Å². The van der Waals surface area contributed by atoms with Gasteiger partial charge in [0.2, 0.25) is 5.88 Å². The van der Waals surface area contributed by atoms with Crippen LogP contribution in [0.5, 0.6) is 5.88 Å². The monoisotopic (exact) mass is 420 g/mol. The topological polar surface area (TPSA) is 69.9 Å². The normalized spacial score (nSPS) is 13.3. The van der Waals surface area contributed by atoms with Gasteiger partial charge in [0.15, 0.2) is 5.82 Å². The van der Waals surface area contributed by atoms with E-state index >= 15 is 0 Å². The molecule has 3 heterocycles. The van der Waals surface area contributed by atoms with Gasteiger partial charge in [-0.25, -0.2) is 9.97 Å². The first-order chi connectivity index (χ1) is 13.1. The Morgan fingerprint density at radius 2 is 1.93 bits per heavy atom. The quantitative estimate of drug-likeness (QED) is 0.588. The van der Waals surface area contributed by atoms with Crippen molar-refractivity contribution in [2.75, 3.05) is 5.75 Å². The zero-order valence-corrected chi connectivity index (χ0v) is 15.3. The van der Waals surface area contributed by atoms with E-state index in [4.69, 9.17) is 0 Å². The zero-order chi connectivity index (χ0) is 20.6. The average Bonchev–Trinajstić information content (AvgIpc) is 2.95. The van der Waals surface area contributed by atoms with Crippen molar-refractivity contribution in [3.05, 3.63) is 30.1 Å². The van der Waals surface area contributed by atoms with Crippen LogP contribution in [0.4, 0.5) is 22.0 Å². The van der Waals surface area contributed by atoms with Crippen molar-refractivity contribution < 1.29 is 30.9 Å². The Kier molecular flexibility index (Phi) is 5.33. The predicted octanol–water partition coefficient (Wildman–Crippen LogP) is 3.78. The van der Waals surface area contributed by atoms with E-state index in [1.54, 1.807) is 14.0 Å². The van der Waals surface area contributed by atoms with Crippen LogP contribution in [0.1, 0.15) is 12.5 Å². The molecule has 0 saturated heterocycles. The van der Waals surface area contributed by atoms with Crippen LogP contribution >= 0.6 is 0 Å². The Balaban J connectivity index is 2.18. The fourth-order valence-electron chi connectivity index (χ4n) is 2.53. The maximum Gasteiger partial charge on any atom is 0.417 e. The minimum Gasteiger partial charge on any atom is -0.417 e. The fourth-order valence-corrected chi connectivity index (χ4v) is 3.46. The van der Waals surface area contributed by atoms with E-state index in [1.807, 2.05) is 0 Å². The van der Waals surface area contributed by atoms with Gasteiger partial charge in [0, 0.05) is 25.1 Å². The summed E-state index contributed by atoms with van der Waals surface area (Å²) in [5.74, 6) is -0.158. The number of aromatic nitrogens is 4. The molecule has 12 heteroatoms. The average molecular weight is 420 g/mol. The molecule has 0 aliphatic rings. The molecule has 1 unspecified atom stereocenters. The van der Waals surface area contributed by atoms with E-state index in [-0.39, 0.29) is 33.6 Å². The highest BCUT2D eigenvalue weighted by Crippen LogP contribution is 2.34. The van der Waals surface area contributed by atoms with Crippen LogP contribution in [0, 0.1) is 0 Å². The minimum atomic E-state index is -4.64. The molecule has 3 aromatic heterocycles. The molecule has 0 radical (unpaired) electrons. The number of imidazole rings is 1. The summed E-state index contributed by atoms with van der Waals surface area (Å²) in [6.45, 7) is -1.50. The number of hydrogen-bond acceptors (Lipinski definition) is 5. The van der Waals surface area contributed by atoms with Gasteiger partial charge in [-0.15, -0.1) is 0 Å². The highest BCUT2D eigenvalue weighted by molar-refractivity contribution is 7.85. The number of ether oxygens (including phenoxy) is 1. The first-order valence-corrected chi connectivity index (χ1v) is 9.17. The summed E-state index contributed by atoms with van der Waals surface area (Å²) in [6.07, 6.45) is -2.77. The van der Waals surface area contributed by atoms with Crippen LogP contribution in [-0.2, 0) is 24.0 Å². The third kappa shape index (κ3) is 3.81. The summed E-state index contributed by atoms with van der Waals surface area (Å²) < 4.78 is 81.8. The summed E-state index contributed by atoms with van der Waals surface area (Å²) in [7, 11) is -0.191. The largest absolute Gasteiger partial charge is 0.417 e. The number of aryl methyl sites for hydroxylation is 1. The van der Waals surface area contributed by atoms with Crippen LogP contribution in [0.15, 0.2) is 29.4 Å². The van der Waals surface area contributed by atoms with E-state index in [0.717, 1.165) is 6.07 Å². The molecule has 6 nitrogen and oxygen atoms in total. The smallest absolute Gasteiger partial charge is 0.417 e. The fraction of sp³-hybridized carbons (Fsp3) is 0.312. The summed E-state index contributed by atoms with van der Waals surface area (Å²) >= 11 is 0. The van der Waals surface area contributed by atoms with E-state index in [1.165, 1.54) is 16.8 Å². The lowest BCUT2D eigenvalue weighted by Crippen LogP contribution is -2.10. The van der Waals surface area contributed by atoms with Crippen LogP contribution in [-0.4, -0.2) is 36.1 Å². The van der Waals surface area contributed by atoms with Gasteiger partial charge in [-0.3, -0.25) is 9.19 Å². The lowest BCUT2D eigenvalue weighted by atomic mass is 10.2. The standard InChI is InChI=1S/C16H13F5N4O2S/c1-3-28(26)11-4-8(16(19,20)21)6-23-13(11)14-24-9-5-12(27-15(17)18)22-7-10(9)25(14)2/h4-7,15H,3H2,1-2H3. The molecule has 3 aromatic rings. The van der Waals surface area contributed by atoms with Crippen molar-refractivity contribution in [2.24, 2.45) is 7.05 Å². The van der Waals surface area contributed by atoms with Gasteiger partial charge >= 0.3 is 12.8 Å². The van der Waals surface area contributed by atoms with Gasteiger partial charge in [0.25, 0.3) is 0 Å². The first-order valence-electron chi connectivity index (χ1n) is 7.85. The number of rotatable bonds is 5. The van der Waals surface area contributed by atoms with Crippen LogP contribution in [0.2, 0.25) is 0 Å². The summed E-state index contributed by atoms with van der Waals surface area (Å²) in [5.41, 5.74) is -0.395. The van der Waals surface area contributed by atoms with Crippen molar-refractivity contribution in [3.63, 3.8) is 0 Å². The Morgan fingerprint density at radius 1 is 1.21 bits per heavy atom. The van der Waals surface area contributed by atoms with Crippen molar-refractivity contribution in [2.45, 2.75) is 24.6 Å². The molecule has 0 saturated carbocycles. The van der Waals surface area contributed by atoms with Gasteiger partial charge in [-0.1, -0.05) is 6.92 Å². The van der Waals surface area contributed by atoms with Gasteiger partial charge in [0.1, 0.15) is 5.69 Å². The Morgan fingerprint density at radius 3 is 2.54 bits per heavy atom. The SMILES string of the molecule is CCS(=O)c1cc(C(F)(F)F)cnc1-c1nc2cc(OC(F)F)ncc2n1C. The Hall–Kier alpha value is -2.63. The maximum absolute atomic E-state index is 13.0. The number of alkyl halides is 5. The van der Waals surface area contributed by atoms with Crippen molar-refractivity contribution in [3.8, 4) is 17.4 Å². The molecule has 150 valence electrons. The van der Waals surface area contributed by atoms with E-state index in [0.29, 0.717) is 11.7 Å². The summed E-state index contributed by atoms with van der Waals surface area (Å²) in [4.78, 5) is 11.7. The van der Waals surface area contributed by atoms with E-state index < -0.39 is 29.2 Å².